The van der Waals surface area contributed by atoms with Crippen LogP contribution in [0.25, 0.3) is 18.2 Å². The van der Waals surface area contributed by atoms with Crippen LogP contribution in [0.4, 0.5) is 0 Å². The van der Waals surface area contributed by atoms with Gasteiger partial charge in [0.05, 0.1) is 0 Å². The Balaban J connectivity index is 2.27. The minimum atomic E-state index is -0.161. The van der Waals surface area contributed by atoms with Crippen molar-refractivity contribution in [1.29, 1.82) is 0 Å². The van der Waals surface area contributed by atoms with Crippen LogP contribution in [0.3, 0.4) is 0 Å². The van der Waals surface area contributed by atoms with Crippen molar-refractivity contribution in [3.8, 4) is 0 Å². The number of fused-ring (bicyclic) bond motifs is 1. The average molecular weight is 262 g/mol. The molecule has 1 aliphatic rings. The van der Waals surface area contributed by atoms with E-state index in [1.54, 1.807) is 0 Å². The van der Waals surface area contributed by atoms with Crippen molar-refractivity contribution in [2.24, 2.45) is 0 Å². The van der Waals surface area contributed by atoms with Crippen LogP contribution in [0, 0.1) is 6.92 Å². The lowest BCUT2D eigenvalue weighted by molar-refractivity contribution is 0.496. The van der Waals surface area contributed by atoms with Gasteiger partial charge in [-0.25, -0.2) is 0 Å². The van der Waals surface area contributed by atoms with E-state index in [0.29, 0.717) is 0 Å². The van der Waals surface area contributed by atoms with Crippen molar-refractivity contribution in [2.75, 3.05) is 0 Å². The number of hydrogen-bond donors (Lipinski definition) is 0. The van der Waals surface area contributed by atoms with Gasteiger partial charge >= 0.3 is 0 Å². The molecule has 3 rings (SSSR count). The lowest BCUT2D eigenvalue weighted by Crippen LogP contribution is -2.25. The summed E-state index contributed by atoms with van der Waals surface area (Å²) in [6.45, 7) is 8.06. The van der Waals surface area contributed by atoms with Crippen LogP contribution in [-0.4, -0.2) is 0 Å². The van der Waals surface area contributed by atoms with Gasteiger partial charge in [0.1, 0.15) is 11.2 Å². The van der Waals surface area contributed by atoms with Gasteiger partial charge < -0.3 is 4.42 Å². The van der Waals surface area contributed by atoms with Gasteiger partial charge in [-0.3, -0.25) is 0 Å². The summed E-state index contributed by atoms with van der Waals surface area (Å²) in [6.07, 6.45) is 10.5. The maximum Gasteiger partial charge on any atom is 0.132 e. The molecule has 1 aromatic carbocycles. The highest BCUT2D eigenvalue weighted by molar-refractivity contribution is 5.61. The van der Waals surface area contributed by atoms with E-state index >= 15 is 0 Å². The van der Waals surface area contributed by atoms with Crippen molar-refractivity contribution in [3.63, 3.8) is 0 Å². The number of benzene rings is 1. The highest BCUT2D eigenvalue weighted by atomic mass is 16.3. The topological polar surface area (TPSA) is 13.1 Å². The minimum Gasteiger partial charge on any atom is -0.461 e. The van der Waals surface area contributed by atoms with Gasteiger partial charge in [-0.2, -0.15) is 0 Å². The Kier molecular flexibility index (Phi) is 2.98. The zero-order valence-electron chi connectivity index (χ0n) is 11.9. The Hall–Kier alpha value is -2.28. The van der Waals surface area contributed by atoms with Crippen LogP contribution < -0.4 is 10.6 Å². The van der Waals surface area contributed by atoms with Crippen molar-refractivity contribution in [2.45, 2.75) is 19.3 Å². The molecule has 0 N–H and O–H groups in total. The molecule has 1 unspecified atom stereocenters. The largest absolute Gasteiger partial charge is 0.461 e. The fourth-order valence-electron chi connectivity index (χ4n) is 2.77. The predicted molar refractivity (Wildman–Crippen MR) is 84.7 cm³/mol. The van der Waals surface area contributed by atoms with E-state index < -0.39 is 0 Å². The lowest BCUT2D eigenvalue weighted by Gasteiger charge is -2.21. The van der Waals surface area contributed by atoms with E-state index in [1.807, 2.05) is 19.1 Å². The fraction of sp³-hybridized carbons (Fsp3) is 0.158. The SMILES string of the molecule is C=Cc1c(C)oc2c1=CC=CC(C)(c1ccccc1)C=2. The van der Waals surface area contributed by atoms with Gasteiger partial charge in [0.2, 0.25) is 0 Å². The Labute approximate surface area is 119 Å². The van der Waals surface area contributed by atoms with Gasteiger partial charge in [-0.1, -0.05) is 61.2 Å². The van der Waals surface area contributed by atoms with Crippen LogP contribution >= 0.6 is 0 Å². The quantitative estimate of drug-likeness (QED) is 0.809. The van der Waals surface area contributed by atoms with E-state index in [0.717, 1.165) is 22.0 Å². The van der Waals surface area contributed by atoms with E-state index in [-0.39, 0.29) is 5.41 Å². The van der Waals surface area contributed by atoms with Gasteiger partial charge in [0.25, 0.3) is 0 Å². The molecule has 0 amide bonds. The Morgan fingerprint density at radius 2 is 1.95 bits per heavy atom. The van der Waals surface area contributed by atoms with Gasteiger partial charge in [-0.15, -0.1) is 0 Å². The molecule has 2 aromatic rings. The number of rotatable bonds is 2. The molecular weight excluding hydrogens is 244 g/mol. The molecule has 0 saturated heterocycles. The zero-order valence-corrected chi connectivity index (χ0v) is 11.9. The molecule has 0 radical (unpaired) electrons. The summed E-state index contributed by atoms with van der Waals surface area (Å²) in [4.78, 5) is 0. The van der Waals surface area contributed by atoms with Crippen molar-refractivity contribution in [1.82, 2.24) is 0 Å². The molecule has 1 heteroatoms. The van der Waals surface area contributed by atoms with Crippen molar-refractivity contribution in [3.05, 3.63) is 76.6 Å². The molecule has 1 atom stereocenters. The second-order valence-corrected chi connectivity index (χ2v) is 5.37. The summed E-state index contributed by atoms with van der Waals surface area (Å²) in [5, 5.41) is 1.12. The summed E-state index contributed by atoms with van der Waals surface area (Å²) >= 11 is 0. The molecule has 0 saturated carbocycles. The molecule has 0 fully saturated rings. The summed E-state index contributed by atoms with van der Waals surface area (Å²) in [5.41, 5.74) is 3.10. The molecule has 0 bridgehead atoms. The first-order chi connectivity index (χ1) is 9.64. The van der Waals surface area contributed by atoms with E-state index in [2.05, 4.69) is 62.1 Å². The highest BCUT2D eigenvalue weighted by Crippen LogP contribution is 2.27. The monoisotopic (exact) mass is 262 g/mol. The van der Waals surface area contributed by atoms with Crippen LogP contribution in [0.2, 0.25) is 0 Å². The number of allylic oxidation sites excluding steroid dienone is 2. The van der Waals surface area contributed by atoms with Crippen LogP contribution in [0.5, 0.6) is 0 Å². The van der Waals surface area contributed by atoms with Crippen molar-refractivity contribution < 1.29 is 4.42 Å². The van der Waals surface area contributed by atoms with Gasteiger partial charge in [0.15, 0.2) is 0 Å². The normalized spacial score (nSPS) is 20.5. The third kappa shape index (κ3) is 1.96. The second-order valence-electron chi connectivity index (χ2n) is 5.37. The Morgan fingerprint density at radius 3 is 2.65 bits per heavy atom. The Morgan fingerprint density at radius 1 is 1.20 bits per heavy atom. The number of aryl methyl sites for hydroxylation is 1. The molecule has 1 aromatic heterocycles. The molecule has 0 aliphatic heterocycles. The summed E-state index contributed by atoms with van der Waals surface area (Å²) in [5.74, 6) is 0.920. The van der Waals surface area contributed by atoms with E-state index in [9.17, 15) is 0 Å². The highest BCUT2D eigenvalue weighted by Gasteiger charge is 2.22. The molecule has 1 nitrogen and oxygen atoms in total. The number of hydrogen-bond acceptors (Lipinski definition) is 1. The molecule has 1 aliphatic carbocycles. The summed E-state index contributed by atoms with van der Waals surface area (Å²) in [6, 6.07) is 10.5. The van der Waals surface area contributed by atoms with E-state index in [4.69, 9.17) is 4.42 Å². The van der Waals surface area contributed by atoms with Crippen LogP contribution in [0.15, 0.2) is 53.5 Å². The van der Waals surface area contributed by atoms with Gasteiger partial charge in [0, 0.05) is 16.2 Å². The molecule has 20 heavy (non-hydrogen) atoms. The molecular formula is C19H18O. The minimum absolute atomic E-state index is 0.161. The maximum absolute atomic E-state index is 5.93. The first kappa shape index (κ1) is 12.7. The first-order valence-corrected chi connectivity index (χ1v) is 6.84. The van der Waals surface area contributed by atoms with Crippen molar-refractivity contribution >= 4 is 18.2 Å². The summed E-state index contributed by atoms with van der Waals surface area (Å²) < 4.78 is 5.93. The maximum atomic E-state index is 5.93. The smallest absolute Gasteiger partial charge is 0.132 e. The fourth-order valence-corrected chi connectivity index (χ4v) is 2.77. The summed E-state index contributed by atoms with van der Waals surface area (Å²) in [7, 11) is 0. The third-order valence-corrected chi connectivity index (χ3v) is 3.93. The van der Waals surface area contributed by atoms with Gasteiger partial charge in [-0.05, 0) is 25.5 Å². The average Bonchev–Trinajstić information content (AvgIpc) is 2.64. The van der Waals surface area contributed by atoms with Crippen LogP contribution in [-0.2, 0) is 5.41 Å². The second kappa shape index (κ2) is 4.68. The molecule has 1 heterocycles. The molecule has 100 valence electrons. The standard InChI is InChI=1S/C19H18O/c1-4-16-14(2)20-18-13-19(3,12-8-11-17(16)18)15-9-6-5-7-10-15/h4-13H,1H2,2-3H3. The predicted octanol–water partition coefficient (Wildman–Crippen LogP) is 3.32. The molecule has 0 spiro atoms. The van der Waals surface area contributed by atoms with Crippen LogP contribution in [0.1, 0.15) is 23.8 Å². The zero-order chi connectivity index (χ0) is 14.2. The lowest BCUT2D eigenvalue weighted by atomic mass is 9.82. The Bertz CT molecular complexity index is 790. The van der Waals surface area contributed by atoms with E-state index in [1.165, 1.54) is 5.56 Å². The first-order valence-electron chi connectivity index (χ1n) is 6.84. The number of furan rings is 1. The third-order valence-electron chi connectivity index (χ3n) is 3.93.